The van der Waals surface area contributed by atoms with Crippen molar-refractivity contribution in [2.45, 2.75) is 32.2 Å². The number of ketones is 1. The van der Waals surface area contributed by atoms with E-state index in [1.807, 2.05) is 24.5 Å². The highest BCUT2D eigenvalue weighted by Gasteiger charge is 2.18. The lowest BCUT2D eigenvalue weighted by molar-refractivity contribution is 0.102. The number of hydrogen-bond acceptors (Lipinski definition) is 7. The van der Waals surface area contributed by atoms with E-state index < -0.39 is 0 Å². The van der Waals surface area contributed by atoms with Crippen LogP contribution in [0.3, 0.4) is 0 Å². The van der Waals surface area contributed by atoms with Crippen molar-refractivity contribution in [1.82, 2.24) is 29.5 Å². The maximum absolute atomic E-state index is 13.1. The average molecular weight is 426 g/mol. The van der Waals surface area contributed by atoms with Crippen LogP contribution in [0.15, 0.2) is 52.6 Å². The molecule has 0 unspecified atom stereocenters. The van der Waals surface area contributed by atoms with E-state index in [1.54, 1.807) is 23.1 Å². The molecule has 0 fully saturated rings. The quantitative estimate of drug-likeness (QED) is 0.315. The van der Waals surface area contributed by atoms with Crippen molar-refractivity contribution >= 4 is 17.5 Å². The third-order valence-electron chi connectivity index (χ3n) is 4.67. The second-order valence-electron chi connectivity index (χ2n) is 6.76. The van der Waals surface area contributed by atoms with Crippen LogP contribution in [0.1, 0.15) is 33.2 Å². The highest BCUT2D eigenvalue weighted by atomic mass is 32.2. The molecule has 30 heavy (non-hydrogen) atoms. The zero-order valence-corrected chi connectivity index (χ0v) is 17.3. The Balaban J connectivity index is 1.40. The zero-order valence-electron chi connectivity index (χ0n) is 16.4. The fourth-order valence-electron chi connectivity index (χ4n) is 3.12. The molecule has 0 aliphatic carbocycles. The molecule has 0 aliphatic rings. The minimum absolute atomic E-state index is 0.0190. The normalized spacial score (nSPS) is 11.2. The van der Waals surface area contributed by atoms with Crippen LogP contribution in [0.25, 0.3) is 0 Å². The number of rotatable bonds is 8. The molecule has 3 heterocycles. The van der Waals surface area contributed by atoms with Crippen LogP contribution >= 0.6 is 11.8 Å². The number of aryl methyl sites for hydroxylation is 1. The standard InChI is InChI=1S/C20H19FN6O2S/c1-13-7-17(14(2)27(13)8-15-3-5-16(21)6-4-15)18(28)10-30-20-25-24-19(29-20)9-26-12-22-11-23-26/h3-7,11-12H,8-10H2,1-2H3. The summed E-state index contributed by atoms with van der Waals surface area (Å²) >= 11 is 1.20. The summed E-state index contributed by atoms with van der Waals surface area (Å²) in [6.07, 6.45) is 2.99. The van der Waals surface area contributed by atoms with E-state index >= 15 is 0 Å². The fourth-order valence-corrected chi connectivity index (χ4v) is 3.78. The Hall–Kier alpha value is -3.27. The molecule has 4 rings (SSSR count). The van der Waals surface area contributed by atoms with Crippen molar-refractivity contribution in [2.75, 3.05) is 5.75 Å². The molecule has 8 nitrogen and oxygen atoms in total. The molecule has 0 amide bonds. The molecule has 0 aliphatic heterocycles. The van der Waals surface area contributed by atoms with Gasteiger partial charge in [-0.25, -0.2) is 14.1 Å². The first kappa shape index (κ1) is 20.0. The Bertz CT molecular complexity index is 1150. The monoisotopic (exact) mass is 426 g/mol. The SMILES string of the molecule is Cc1cc(C(=O)CSc2nnc(Cn3cncn3)o2)c(C)n1Cc1ccc(F)cc1. The van der Waals surface area contributed by atoms with Crippen LogP contribution in [-0.4, -0.2) is 41.1 Å². The van der Waals surface area contributed by atoms with Crippen molar-refractivity contribution in [3.8, 4) is 0 Å². The summed E-state index contributed by atoms with van der Waals surface area (Å²) in [4.78, 5) is 16.6. The predicted octanol–water partition coefficient (Wildman–Crippen LogP) is 3.29. The van der Waals surface area contributed by atoms with E-state index in [1.165, 1.54) is 30.2 Å². The molecule has 0 radical (unpaired) electrons. The molecule has 1 aromatic carbocycles. The van der Waals surface area contributed by atoms with Crippen LogP contribution < -0.4 is 0 Å². The number of carbonyl (C=O) groups is 1. The molecule has 0 spiro atoms. The smallest absolute Gasteiger partial charge is 0.277 e. The molecule has 0 saturated heterocycles. The third-order valence-corrected chi connectivity index (χ3v) is 5.49. The minimum Gasteiger partial charge on any atom is -0.414 e. The second kappa shape index (κ2) is 8.62. The number of hydrogen-bond donors (Lipinski definition) is 0. The summed E-state index contributed by atoms with van der Waals surface area (Å²) in [5.41, 5.74) is 3.47. The molecule has 0 N–H and O–H groups in total. The van der Waals surface area contributed by atoms with Crippen molar-refractivity contribution in [2.24, 2.45) is 0 Å². The van der Waals surface area contributed by atoms with Gasteiger partial charge < -0.3 is 8.98 Å². The predicted molar refractivity (Wildman–Crippen MR) is 108 cm³/mol. The van der Waals surface area contributed by atoms with Crippen molar-refractivity contribution in [3.63, 3.8) is 0 Å². The molecule has 0 saturated carbocycles. The average Bonchev–Trinajstić information content (AvgIpc) is 3.46. The van der Waals surface area contributed by atoms with Crippen molar-refractivity contribution < 1.29 is 13.6 Å². The van der Waals surface area contributed by atoms with Crippen molar-refractivity contribution in [3.05, 3.63) is 77.2 Å². The molecule has 0 bridgehead atoms. The van der Waals surface area contributed by atoms with Crippen molar-refractivity contribution in [1.29, 1.82) is 0 Å². The zero-order chi connectivity index (χ0) is 21.1. The molecule has 154 valence electrons. The van der Waals surface area contributed by atoms with E-state index in [9.17, 15) is 9.18 Å². The minimum atomic E-state index is -0.266. The van der Waals surface area contributed by atoms with Gasteiger partial charge in [-0.1, -0.05) is 23.9 Å². The van der Waals surface area contributed by atoms with Gasteiger partial charge in [-0.15, -0.1) is 10.2 Å². The van der Waals surface area contributed by atoms with Gasteiger partial charge in [0.15, 0.2) is 5.78 Å². The largest absolute Gasteiger partial charge is 0.414 e. The van der Waals surface area contributed by atoms with Gasteiger partial charge in [0.05, 0.1) is 5.75 Å². The van der Waals surface area contributed by atoms with Gasteiger partial charge in [-0.2, -0.15) is 5.10 Å². The van der Waals surface area contributed by atoms with E-state index in [2.05, 4.69) is 20.3 Å². The lowest BCUT2D eigenvalue weighted by Gasteiger charge is -2.10. The molecular weight excluding hydrogens is 407 g/mol. The van der Waals surface area contributed by atoms with Gasteiger partial charge >= 0.3 is 0 Å². The molecule has 10 heteroatoms. The number of nitrogens with zero attached hydrogens (tertiary/aromatic N) is 6. The van der Waals surface area contributed by atoms with Crippen LogP contribution in [0.4, 0.5) is 4.39 Å². The Morgan fingerprint density at radius 3 is 2.70 bits per heavy atom. The van der Waals surface area contributed by atoms with Gasteiger partial charge in [0.25, 0.3) is 5.22 Å². The van der Waals surface area contributed by atoms with Gasteiger partial charge in [0.1, 0.15) is 25.0 Å². The van der Waals surface area contributed by atoms with Gasteiger partial charge in [0, 0.05) is 23.5 Å². The molecule has 0 atom stereocenters. The third kappa shape index (κ3) is 4.48. The van der Waals surface area contributed by atoms with Crippen LogP contribution in [0.2, 0.25) is 0 Å². The van der Waals surface area contributed by atoms with Gasteiger partial charge in [0.2, 0.25) is 5.89 Å². The lowest BCUT2D eigenvalue weighted by Crippen LogP contribution is -2.07. The van der Waals surface area contributed by atoms with E-state index in [-0.39, 0.29) is 17.4 Å². The summed E-state index contributed by atoms with van der Waals surface area (Å²) in [7, 11) is 0. The number of halogens is 1. The van der Waals surface area contributed by atoms with E-state index in [0.717, 1.165) is 17.0 Å². The highest BCUT2D eigenvalue weighted by molar-refractivity contribution is 7.99. The Labute approximate surface area is 176 Å². The number of Topliss-reactive ketones (excluding diaryl/α,β-unsaturated/α-hetero) is 1. The fraction of sp³-hybridized carbons (Fsp3) is 0.250. The molecular formula is C20H19FN6O2S. The molecule has 3 aromatic heterocycles. The van der Waals surface area contributed by atoms with E-state index in [0.29, 0.717) is 29.8 Å². The summed E-state index contributed by atoms with van der Waals surface area (Å²) in [5, 5.41) is 12.2. The lowest BCUT2D eigenvalue weighted by atomic mass is 10.2. The summed E-state index contributed by atoms with van der Waals surface area (Å²) in [6.45, 7) is 4.77. The maximum atomic E-state index is 13.1. The second-order valence-corrected chi connectivity index (χ2v) is 7.69. The summed E-state index contributed by atoms with van der Waals surface area (Å²) in [6, 6.07) is 8.25. The number of aromatic nitrogens is 6. The Morgan fingerprint density at radius 1 is 1.17 bits per heavy atom. The first-order valence-electron chi connectivity index (χ1n) is 9.21. The topological polar surface area (TPSA) is 91.6 Å². The Kier molecular flexibility index (Phi) is 5.75. The molecule has 4 aromatic rings. The van der Waals surface area contributed by atoms with Crippen LogP contribution in [0.5, 0.6) is 0 Å². The number of carbonyl (C=O) groups excluding carboxylic acids is 1. The summed E-state index contributed by atoms with van der Waals surface area (Å²) < 4.78 is 22.3. The first-order valence-corrected chi connectivity index (χ1v) is 10.2. The van der Waals surface area contributed by atoms with Gasteiger partial charge in [-0.3, -0.25) is 4.79 Å². The summed E-state index contributed by atoms with van der Waals surface area (Å²) in [5.74, 6) is 0.298. The van der Waals surface area contributed by atoms with E-state index in [4.69, 9.17) is 4.42 Å². The number of benzene rings is 1. The van der Waals surface area contributed by atoms with Crippen LogP contribution in [-0.2, 0) is 13.1 Å². The maximum Gasteiger partial charge on any atom is 0.277 e. The number of thioether (sulfide) groups is 1. The Morgan fingerprint density at radius 2 is 1.97 bits per heavy atom. The first-order chi connectivity index (χ1) is 14.5. The van der Waals surface area contributed by atoms with Crippen LogP contribution in [0, 0.1) is 19.7 Å². The highest BCUT2D eigenvalue weighted by Crippen LogP contribution is 2.22. The van der Waals surface area contributed by atoms with Gasteiger partial charge in [-0.05, 0) is 37.6 Å².